The molecule has 1 rings (SSSR count). The molecule has 82 valence electrons. The van der Waals surface area contributed by atoms with Crippen molar-refractivity contribution in [3.63, 3.8) is 0 Å². The molecular weight excluding hydrogens is 196 g/mol. The molecule has 0 nitrogen and oxygen atoms in total. The molecule has 0 amide bonds. The molecule has 1 heteroatoms. The van der Waals surface area contributed by atoms with E-state index in [1.165, 1.54) is 33.4 Å². The van der Waals surface area contributed by atoms with Gasteiger partial charge in [-0.3, -0.25) is 0 Å². The SMILES string of the molecule is C=C(CC)c1ccc(C(C)([SiH3])CC)cc1. The van der Waals surface area contributed by atoms with Crippen molar-refractivity contribution in [1.29, 1.82) is 0 Å². The van der Waals surface area contributed by atoms with E-state index >= 15 is 0 Å². The van der Waals surface area contributed by atoms with Crippen LogP contribution in [0.3, 0.4) is 0 Å². The molecule has 0 heterocycles. The highest BCUT2D eigenvalue weighted by atomic mass is 28.1. The zero-order chi connectivity index (χ0) is 11.5. The van der Waals surface area contributed by atoms with Crippen LogP contribution in [0.15, 0.2) is 30.8 Å². The van der Waals surface area contributed by atoms with Crippen LogP contribution in [0.1, 0.15) is 44.7 Å². The van der Waals surface area contributed by atoms with Gasteiger partial charge in [-0.25, -0.2) is 0 Å². The van der Waals surface area contributed by atoms with E-state index in [9.17, 15) is 0 Å². The van der Waals surface area contributed by atoms with Crippen molar-refractivity contribution >= 4 is 15.8 Å². The number of benzene rings is 1. The maximum absolute atomic E-state index is 4.06. The zero-order valence-electron chi connectivity index (χ0n) is 10.4. The van der Waals surface area contributed by atoms with E-state index in [2.05, 4.69) is 51.6 Å². The fraction of sp³-hybridized carbons (Fsp3) is 0.429. The van der Waals surface area contributed by atoms with Gasteiger partial charge in [0, 0.05) is 10.2 Å². The van der Waals surface area contributed by atoms with E-state index in [0.717, 1.165) is 6.42 Å². The van der Waals surface area contributed by atoms with Crippen LogP contribution in [-0.2, 0) is 5.04 Å². The lowest BCUT2D eigenvalue weighted by atomic mass is 9.94. The van der Waals surface area contributed by atoms with Gasteiger partial charge in [0.25, 0.3) is 0 Å². The van der Waals surface area contributed by atoms with Crippen molar-refractivity contribution in [3.8, 4) is 0 Å². The lowest BCUT2D eigenvalue weighted by Crippen LogP contribution is -2.20. The van der Waals surface area contributed by atoms with Crippen LogP contribution >= 0.6 is 0 Å². The first-order valence-corrected chi connectivity index (χ1v) is 6.80. The van der Waals surface area contributed by atoms with Crippen LogP contribution in [-0.4, -0.2) is 10.2 Å². The number of hydrogen-bond donors (Lipinski definition) is 0. The van der Waals surface area contributed by atoms with E-state index in [0.29, 0.717) is 5.04 Å². The summed E-state index contributed by atoms with van der Waals surface area (Å²) in [6.45, 7) is 10.8. The molecule has 1 aromatic rings. The predicted molar refractivity (Wildman–Crippen MR) is 73.3 cm³/mol. The summed E-state index contributed by atoms with van der Waals surface area (Å²) in [6.07, 6.45) is 2.26. The van der Waals surface area contributed by atoms with Gasteiger partial charge in [-0.1, -0.05) is 58.0 Å². The van der Waals surface area contributed by atoms with Crippen LogP contribution in [0.2, 0.25) is 0 Å². The highest BCUT2D eigenvalue weighted by Crippen LogP contribution is 2.25. The Kier molecular flexibility index (Phi) is 3.92. The third-order valence-electron chi connectivity index (χ3n) is 3.39. The summed E-state index contributed by atoms with van der Waals surface area (Å²) in [6, 6.07) is 8.97. The van der Waals surface area contributed by atoms with Crippen LogP contribution < -0.4 is 0 Å². The molecule has 0 spiro atoms. The summed E-state index contributed by atoms with van der Waals surface area (Å²) >= 11 is 0. The monoisotopic (exact) mass is 218 g/mol. The third-order valence-corrected chi connectivity index (χ3v) is 4.67. The fourth-order valence-corrected chi connectivity index (χ4v) is 1.90. The van der Waals surface area contributed by atoms with E-state index in [1.807, 2.05) is 0 Å². The van der Waals surface area contributed by atoms with Gasteiger partial charge in [-0.2, -0.15) is 0 Å². The number of allylic oxidation sites excluding steroid dienone is 1. The van der Waals surface area contributed by atoms with Crippen molar-refractivity contribution in [3.05, 3.63) is 42.0 Å². The Hall–Kier alpha value is -0.823. The average Bonchev–Trinajstić information content (AvgIpc) is 2.28. The largest absolute Gasteiger partial charge is 0.0952 e. The molecule has 0 saturated carbocycles. The molecule has 0 saturated heterocycles. The second-order valence-corrected chi connectivity index (χ2v) is 6.98. The molecule has 0 aliphatic carbocycles. The third kappa shape index (κ3) is 2.82. The van der Waals surface area contributed by atoms with Gasteiger partial charge in [0.05, 0.1) is 0 Å². The molecule has 0 aromatic heterocycles. The van der Waals surface area contributed by atoms with Gasteiger partial charge >= 0.3 is 0 Å². The highest BCUT2D eigenvalue weighted by Gasteiger charge is 2.17. The summed E-state index contributed by atoms with van der Waals surface area (Å²) < 4.78 is 0. The second kappa shape index (κ2) is 4.80. The quantitative estimate of drug-likeness (QED) is 0.681. The van der Waals surface area contributed by atoms with Gasteiger partial charge in [-0.05, 0) is 28.2 Å². The molecule has 1 unspecified atom stereocenters. The van der Waals surface area contributed by atoms with Gasteiger partial charge < -0.3 is 0 Å². The summed E-state index contributed by atoms with van der Waals surface area (Å²) in [4.78, 5) is 0. The summed E-state index contributed by atoms with van der Waals surface area (Å²) in [5.74, 6) is 0. The topological polar surface area (TPSA) is 0 Å². The van der Waals surface area contributed by atoms with Crippen molar-refractivity contribution < 1.29 is 0 Å². The molecule has 1 atom stereocenters. The highest BCUT2D eigenvalue weighted by molar-refractivity contribution is 6.15. The Morgan fingerprint density at radius 1 is 1.27 bits per heavy atom. The molecule has 0 bridgehead atoms. The maximum atomic E-state index is 4.06. The normalized spacial score (nSPS) is 14.9. The Morgan fingerprint density at radius 3 is 2.20 bits per heavy atom. The maximum Gasteiger partial charge on any atom is 0.0158 e. The molecule has 0 aliphatic rings. The number of hydrogen-bond acceptors (Lipinski definition) is 0. The van der Waals surface area contributed by atoms with E-state index in [-0.39, 0.29) is 0 Å². The number of rotatable bonds is 4. The Labute approximate surface area is 96.8 Å². The standard InChI is InChI=1S/C14H22Si/c1-5-11(3)12-7-9-13(10-8-12)14(4,15)6-2/h7-10H,3,5-6H2,1-2,4,15H3. The van der Waals surface area contributed by atoms with Crippen LogP contribution in [0, 0.1) is 0 Å². The summed E-state index contributed by atoms with van der Waals surface area (Å²) in [5.41, 5.74) is 3.99. The van der Waals surface area contributed by atoms with Crippen molar-refractivity contribution in [2.24, 2.45) is 0 Å². The minimum absolute atomic E-state index is 0.423. The predicted octanol–water partition coefficient (Wildman–Crippen LogP) is 3.10. The van der Waals surface area contributed by atoms with Crippen LogP contribution in [0.5, 0.6) is 0 Å². The minimum Gasteiger partial charge on any atom is -0.0952 e. The van der Waals surface area contributed by atoms with Crippen molar-refractivity contribution in [1.82, 2.24) is 0 Å². The first-order chi connectivity index (χ1) is 7.01. The smallest absolute Gasteiger partial charge is 0.0158 e. The lowest BCUT2D eigenvalue weighted by Gasteiger charge is -2.23. The van der Waals surface area contributed by atoms with Gasteiger partial charge in [-0.15, -0.1) is 0 Å². The average molecular weight is 218 g/mol. The van der Waals surface area contributed by atoms with Crippen molar-refractivity contribution in [2.45, 2.75) is 38.7 Å². The van der Waals surface area contributed by atoms with Crippen molar-refractivity contribution in [2.75, 3.05) is 0 Å². The molecule has 0 fully saturated rings. The Morgan fingerprint density at radius 2 is 1.80 bits per heavy atom. The van der Waals surface area contributed by atoms with E-state index in [1.54, 1.807) is 0 Å². The van der Waals surface area contributed by atoms with Gasteiger partial charge in [0.15, 0.2) is 0 Å². The van der Waals surface area contributed by atoms with Gasteiger partial charge in [0.1, 0.15) is 0 Å². The second-order valence-electron chi connectivity index (χ2n) is 4.77. The minimum atomic E-state index is 0.423. The molecule has 1 aromatic carbocycles. The van der Waals surface area contributed by atoms with Crippen LogP contribution in [0.25, 0.3) is 5.57 Å². The zero-order valence-corrected chi connectivity index (χ0v) is 12.4. The Balaban J connectivity index is 2.95. The van der Waals surface area contributed by atoms with Crippen LogP contribution in [0.4, 0.5) is 0 Å². The fourth-order valence-electron chi connectivity index (χ4n) is 1.57. The molecule has 0 N–H and O–H groups in total. The van der Waals surface area contributed by atoms with E-state index < -0.39 is 0 Å². The summed E-state index contributed by atoms with van der Waals surface area (Å²) in [7, 11) is 1.21. The first kappa shape index (κ1) is 12.2. The molecule has 15 heavy (non-hydrogen) atoms. The van der Waals surface area contributed by atoms with Gasteiger partial charge in [0.2, 0.25) is 0 Å². The summed E-state index contributed by atoms with van der Waals surface area (Å²) in [5, 5.41) is 0.423. The lowest BCUT2D eigenvalue weighted by molar-refractivity contribution is 0.649. The van der Waals surface area contributed by atoms with E-state index in [4.69, 9.17) is 0 Å². The molecule has 0 aliphatic heterocycles. The Bertz CT molecular complexity index is 333. The first-order valence-electron chi connectivity index (χ1n) is 5.80. The molecule has 0 radical (unpaired) electrons. The molecular formula is C14H22Si.